The largest absolute Gasteiger partial charge is 0.365 e. The molecule has 1 saturated carbocycles. The first-order valence-corrected chi connectivity index (χ1v) is 5.37. The maximum Gasteiger partial charge on any atom is 0.259 e. The van der Waals surface area contributed by atoms with E-state index >= 15 is 0 Å². The van der Waals surface area contributed by atoms with Gasteiger partial charge in [-0.15, -0.1) is 0 Å². The summed E-state index contributed by atoms with van der Waals surface area (Å²) < 4.78 is 11.1. The van der Waals surface area contributed by atoms with E-state index in [1.54, 1.807) is 0 Å². The molecule has 1 spiro atoms. The van der Waals surface area contributed by atoms with Crippen molar-refractivity contribution in [1.29, 1.82) is 5.26 Å². The molecule has 1 aliphatic carbocycles. The molecule has 2 rings (SSSR count). The molecule has 86 valence electrons. The van der Waals surface area contributed by atoms with E-state index in [2.05, 4.69) is 0 Å². The van der Waals surface area contributed by atoms with Gasteiger partial charge < -0.3 is 15.2 Å². The van der Waals surface area contributed by atoms with Crippen molar-refractivity contribution in [3.8, 4) is 6.07 Å². The second-order valence-electron chi connectivity index (χ2n) is 4.06. The lowest BCUT2D eigenvalue weighted by atomic mass is 9.87. The van der Waals surface area contributed by atoms with E-state index in [0.717, 1.165) is 5.57 Å². The molecule has 1 aliphatic heterocycles. The van der Waals surface area contributed by atoms with Gasteiger partial charge >= 0.3 is 0 Å². The number of nitrogens with zero attached hydrogens (tertiary/aromatic N) is 1. The van der Waals surface area contributed by atoms with Gasteiger partial charge in [0.1, 0.15) is 11.6 Å². The molecule has 0 aromatic carbocycles. The van der Waals surface area contributed by atoms with Crippen molar-refractivity contribution < 1.29 is 14.3 Å². The van der Waals surface area contributed by atoms with Crippen molar-refractivity contribution in [1.82, 2.24) is 0 Å². The van der Waals surface area contributed by atoms with Gasteiger partial charge in [-0.1, -0.05) is 0 Å². The van der Waals surface area contributed by atoms with Crippen LogP contribution in [0.25, 0.3) is 0 Å². The summed E-state index contributed by atoms with van der Waals surface area (Å²) in [5.74, 6) is -1.11. The van der Waals surface area contributed by atoms with Crippen molar-refractivity contribution in [2.24, 2.45) is 5.73 Å². The molecular formula is C11H14N2O3. The lowest BCUT2D eigenvalue weighted by Gasteiger charge is -2.32. The molecule has 16 heavy (non-hydrogen) atoms. The zero-order valence-electron chi connectivity index (χ0n) is 8.99. The fraction of sp³-hybridized carbons (Fsp3) is 0.636. The maximum atomic E-state index is 11.0. The third kappa shape index (κ3) is 1.94. The molecule has 1 saturated heterocycles. The number of hydrogen-bond donors (Lipinski definition) is 1. The molecular weight excluding hydrogens is 208 g/mol. The van der Waals surface area contributed by atoms with E-state index in [-0.39, 0.29) is 5.57 Å². The summed E-state index contributed by atoms with van der Waals surface area (Å²) >= 11 is 0. The number of amides is 1. The Hall–Kier alpha value is -1.38. The Balaban J connectivity index is 2.10. The van der Waals surface area contributed by atoms with Crippen LogP contribution >= 0.6 is 0 Å². The zero-order valence-corrected chi connectivity index (χ0v) is 8.99. The average Bonchev–Trinajstić information content (AvgIpc) is 2.70. The Morgan fingerprint density at radius 3 is 2.31 bits per heavy atom. The molecule has 0 bridgehead atoms. The van der Waals surface area contributed by atoms with Crippen LogP contribution in [-0.2, 0) is 14.3 Å². The minimum absolute atomic E-state index is 0.104. The molecule has 5 nitrogen and oxygen atoms in total. The highest BCUT2D eigenvalue weighted by Gasteiger charge is 2.39. The quantitative estimate of drug-likeness (QED) is 0.520. The highest BCUT2D eigenvalue weighted by Crippen LogP contribution is 2.38. The number of carbonyl (C=O) groups is 1. The third-order valence-electron chi connectivity index (χ3n) is 3.14. The SMILES string of the molecule is N#CC(C(N)=O)=C1CCC2(CC1)OCCO2. The second-order valence-corrected chi connectivity index (χ2v) is 4.06. The van der Waals surface area contributed by atoms with Crippen molar-refractivity contribution in [2.75, 3.05) is 13.2 Å². The summed E-state index contributed by atoms with van der Waals surface area (Å²) in [6.07, 6.45) is 2.68. The third-order valence-corrected chi connectivity index (χ3v) is 3.14. The van der Waals surface area contributed by atoms with Gasteiger partial charge in [0.05, 0.1) is 13.2 Å². The van der Waals surface area contributed by atoms with Crippen LogP contribution in [0.5, 0.6) is 0 Å². The van der Waals surface area contributed by atoms with E-state index in [0.29, 0.717) is 38.9 Å². The monoisotopic (exact) mass is 222 g/mol. The van der Waals surface area contributed by atoms with Crippen molar-refractivity contribution in [2.45, 2.75) is 31.5 Å². The number of rotatable bonds is 1. The van der Waals surface area contributed by atoms with Gasteiger partial charge in [0.2, 0.25) is 0 Å². The van der Waals surface area contributed by atoms with Crippen molar-refractivity contribution >= 4 is 5.91 Å². The van der Waals surface area contributed by atoms with Crippen LogP contribution in [0.3, 0.4) is 0 Å². The molecule has 0 aromatic rings. The predicted octanol–water partition coefficient (Wildman–Crippen LogP) is 0.609. The highest BCUT2D eigenvalue weighted by atomic mass is 16.7. The molecule has 0 unspecified atom stereocenters. The first-order valence-electron chi connectivity index (χ1n) is 5.37. The first kappa shape index (κ1) is 11.1. The summed E-state index contributed by atoms with van der Waals surface area (Å²) in [6, 6.07) is 1.87. The van der Waals surface area contributed by atoms with Crippen LogP contribution in [0.2, 0.25) is 0 Å². The number of carbonyl (C=O) groups excluding carboxylic acids is 1. The Bertz CT molecular complexity index is 363. The topological polar surface area (TPSA) is 85.3 Å². The molecule has 2 aliphatic rings. The van der Waals surface area contributed by atoms with Crippen LogP contribution in [-0.4, -0.2) is 24.9 Å². The number of allylic oxidation sites excluding steroid dienone is 1. The number of ether oxygens (including phenoxy) is 2. The fourth-order valence-electron chi connectivity index (χ4n) is 2.28. The lowest BCUT2D eigenvalue weighted by molar-refractivity contribution is -0.171. The van der Waals surface area contributed by atoms with Crippen LogP contribution in [0.4, 0.5) is 0 Å². The summed E-state index contributed by atoms with van der Waals surface area (Å²) in [6.45, 7) is 1.25. The van der Waals surface area contributed by atoms with Gasteiger partial charge in [-0.3, -0.25) is 4.79 Å². The standard InChI is InChI=1S/C11H14N2O3/c12-7-9(10(13)14)8-1-3-11(4-2-8)15-5-6-16-11/h1-6H2,(H2,13,14). The van der Waals surface area contributed by atoms with Gasteiger partial charge in [-0.2, -0.15) is 5.26 Å². The van der Waals surface area contributed by atoms with Crippen LogP contribution in [0, 0.1) is 11.3 Å². The summed E-state index contributed by atoms with van der Waals surface area (Å²) in [5.41, 5.74) is 6.08. The van der Waals surface area contributed by atoms with Crippen molar-refractivity contribution in [3.63, 3.8) is 0 Å². The Morgan fingerprint density at radius 1 is 1.31 bits per heavy atom. The smallest absolute Gasteiger partial charge is 0.259 e. The maximum absolute atomic E-state index is 11.0. The molecule has 5 heteroatoms. The van der Waals surface area contributed by atoms with Crippen LogP contribution in [0.1, 0.15) is 25.7 Å². The number of hydrogen-bond acceptors (Lipinski definition) is 4. The molecule has 0 aromatic heterocycles. The van der Waals surface area contributed by atoms with Crippen LogP contribution < -0.4 is 5.73 Å². The Morgan fingerprint density at radius 2 is 1.88 bits per heavy atom. The van der Waals surface area contributed by atoms with E-state index < -0.39 is 11.7 Å². The molecule has 0 atom stereocenters. The van der Waals surface area contributed by atoms with Gasteiger partial charge in [-0.05, 0) is 18.4 Å². The second kappa shape index (κ2) is 4.24. The first-order chi connectivity index (χ1) is 7.67. The highest BCUT2D eigenvalue weighted by molar-refractivity contribution is 5.96. The Labute approximate surface area is 93.8 Å². The predicted molar refractivity (Wildman–Crippen MR) is 54.9 cm³/mol. The molecule has 2 fully saturated rings. The van der Waals surface area contributed by atoms with E-state index in [1.165, 1.54) is 0 Å². The van der Waals surface area contributed by atoms with Crippen molar-refractivity contribution in [3.05, 3.63) is 11.1 Å². The zero-order chi connectivity index (χ0) is 11.6. The molecule has 0 radical (unpaired) electrons. The van der Waals surface area contributed by atoms with E-state index in [4.69, 9.17) is 20.5 Å². The fourth-order valence-corrected chi connectivity index (χ4v) is 2.28. The average molecular weight is 222 g/mol. The minimum Gasteiger partial charge on any atom is -0.365 e. The van der Waals surface area contributed by atoms with Gasteiger partial charge in [0, 0.05) is 12.8 Å². The number of primary amides is 1. The van der Waals surface area contributed by atoms with Crippen LogP contribution in [0.15, 0.2) is 11.1 Å². The molecule has 2 N–H and O–H groups in total. The van der Waals surface area contributed by atoms with E-state index in [1.807, 2.05) is 6.07 Å². The van der Waals surface area contributed by atoms with Gasteiger partial charge in [0.15, 0.2) is 5.79 Å². The number of nitrogens with two attached hydrogens (primary N) is 1. The van der Waals surface area contributed by atoms with Gasteiger partial charge in [-0.25, -0.2) is 0 Å². The normalized spacial score (nSPS) is 23.1. The minimum atomic E-state index is -0.637. The molecule has 1 heterocycles. The number of nitriles is 1. The van der Waals surface area contributed by atoms with E-state index in [9.17, 15) is 4.79 Å². The summed E-state index contributed by atoms with van der Waals surface area (Å²) in [7, 11) is 0. The summed E-state index contributed by atoms with van der Waals surface area (Å²) in [4.78, 5) is 11.0. The Kier molecular flexibility index (Phi) is 2.95. The lowest BCUT2D eigenvalue weighted by Crippen LogP contribution is -2.33. The molecule has 1 amide bonds. The van der Waals surface area contributed by atoms with Gasteiger partial charge in [0.25, 0.3) is 5.91 Å². The summed E-state index contributed by atoms with van der Waals surface area (Å²) in [5, 5.41) is 8.83.